The Balaban J connectivity index is 1.07. The molecule has 4 heteroatoms. The molecule has 0 saturated heterocycles. The molecule has 0 heterocycles. The fourth-order valence-corrected chi connectivity index (χ4v) is 15.9. The lowest BCUT2D eigenvalue weighted by Gasteiger charge is -2.48. The van der Waals surface area contributed by atoms with Gasteiger partial charge in [0.15, 0.2) is 0 Å². The van der Waals surface area contributed by atoms with Crippen LogP contribution < -0.4 is 14.7 Å². The summed E-state index contributed by atoms with van der Waals surface area (Å²) < 4.78 is 0. The third-order valence-electron chi connectivity index (χ3n) is 20.0. The van der Waals surface area contributed by atoms with Crippen LogP contribution in [0.25, 0.3) is 0 Å². The van der Waals surface area contributed by atoms with Gasteiger partial charge in [-0.05, 0) is 240 Å². The average Bonchev–Trinajstić information content (AvgIpc) is 2.03. The van der Waals surface area contributed by atoms with Gasteiger partial charge in [0.1, 0.15) is 0 Å². The third kappa shape index (κ3) is 8.30. The summed E-state index contributed by atoms with van der Waals surface area (Å²) in [6, 6.07) is 55.8. The Morgan fingerprint density at radius 1 is 0.524 bits per heavy atom. The Labute approximate surface area is 488 Å². The SMILES string of the molecule is C/C=C\C=C(/C)N(/C(C)=C/C1=C(C)C(C)=C(/C=C(\C)N(C2=CC=CC3CC[C@H]23)c2ccccc2)C12C1=C(CCC(N(c3ccccc3)c3ccccc3)=C1)C1=C2C=C(N(c2ccccc2)c2ccccc2)[C@@H]2CCC12)C12C=CC=C[C@H]1C2. The van der Waals surface area contributed by atoms with E-state index in [1.807, 2.05) is 0 Å². The maximum atomic E-state index is 2.74. The van der Waals surface area contributed by atoms with E-state index in [1.54, 1.807) is 11.1 Å². The summed E-state index contributed by atoms with van der Waals surface area (Å²) in [5.41, 5.74) is 24.7. The van der Waals surface area contributed by atoms with Crippen molar-refractivity contribution in [1.82, 2.24) is 4.90 Å². The van der Waals surface area contributed by atoms with Crippen LogP contribution in [-0.4, -0.2) is 10.4 Å². The zero-order valence-corrected chi connectivity index (χ0v) is 48.6. The fraction of sp³-hybridized carbons (Fsp3) is 0.256. The molecule has 0 aromatic heterocycles. The van der Waals surface area contributed by atoms with Crippen molar-refractivity contribution >= 4 is 28.4 Å². The third-order valence-corrected chi connectivity index (χ3v) is 20.0. The van der Waals surface area contributed by atoms with E-state index < -0.39 is 5.41 Å². The maximum absolute atomic E-state index is 2.74. The summed E-state index contributed by atoms with van der Waals surface area (Å²) >= 11 is 0. The molecule has 3 fully saturated rings. The van der Waals surface area contributed by atoms with Crippen LogP contribution in [0.5, 0.6) is 0 Å². The van der Waals surface area contributed by atoms with Gasteiger partial charge < -0.3 is 19.6 Å². The Hall–Kier alpha value is -8.34. The highest BCUT2D eigenvalue weighted by Crippen LogP contribution is 2.70. The Morgan fingerprint density at radius 3 is 1.63 bits per heavy atom. The molecule has 0 bridgehead atoms. The molecule has 14 rings (SSSR count). The standard InChI is InChI=1S/C78H76N4/c1-7-8-27-53(2)82(77-47-25-24-29-59(77)52-77)55(4)49-71-57(6)56(5)70(48-54(3)79(60-30-14-9-15-31-60)74-40-26-28-58-41-43-66(58)74)78(71)72-50-65(80(61-32-16-10-17-33-61)62-34-18-11-19-35-62)42-44-69(72)76-68-46-45-67(68)75(51-73(76)78)81(63-36-20-12-21-37-63)64-38-22-13-23-39-64/h7-40,47-51,58-59,66-68H,41-46,52H2,1-6H3/b8-7-,53-27+,54-48+,55-49+/t58?,59-,66-,67+,68?,77?,78?/m0/s1. The molecule has 0 N–H and O–H groups in total. The topological polar surface area (TPSA) is 13.0 Å². The molecule has 5 aromatic carbocycles. The van der Waals surface area contributed by atoms with E-state index in [0.29, 0.717) is 29.6 Å². The molecule has 82 heavy (non-hydrogen) atoms. The number of benzene rings is 5. The van der Waals surface area contributed by atoms with Crippen molar-refractivity contribution < 1.29 is 0 Å². The molecule has 4 unspecified atom stereocenters. The molecule has 0 aliphatic heterocycles. The van der Waals surface area contributed by atoms with Crippen molar-refractivity contribution in [3.05, 3.63) is 315 Å². The molecule has 1 spiro atoms. The second kappa shape index (κ2) is 20.9. The van der Waals surface area contributed by atoms with Crippen LogP contribution in [-0.2, 0) is 0 Å². The van der Waals surface area contributed by atoms with Crippen molar-refractivity contribution in [3.8, 4) is 0 Å². The molecule has 0 radical (unpaired) electrons. The van der Waals surface area contributed by atoms with E-state index in [0.717, 1.165) is 25.7 Å². The summed E-state index contributed by atoms with van der Waals surface area (Å²) in [5, 5.41) is 0. The molecule has 5 aromatic rings. The number of hydrogen-bond acceptors (Lipinski definition) is 4. The first kappa shape index (κ1) is 51.8. The van der Waals surface area contributed by atoms with Gasteiger partial charge in [-0.1, -0.05) is 140 Å². The van der Waals surface area contributed by atoms with Crippen LogP contribution in [0.3, 0.4) is 0 Å². The molecule has 3 saturated carbocycles. The molecule has 0 amide bonds. The lowest BCUT2D eigenvalue weighted by atomic mass is 9.60. The minimum atomic E-state index is -0.672. The van der Waals surface area contributed by atoms with E-state index >= 15 is 0 Å². The van der Waals surface area contributed by atoms with Crippen LogP contribution in [0, 0.1) is 35.0 Å². The first-order chi connectivity index (χ1) is 40.2. The van der Waals surface area contributed by atoms with E-state index in [1.165, 1.54) is 115 Å². The minimum absolute atomic E-state index is 0.117. The van der Waals surface area contributed by atoms with Crippen LogP contribution >= 0.6 is 0 Å². The lowest BCUT2D eigenvalue weighted by molar-refractivity contribution is 0.248. The van der Waals surface area contributed by atoms with E-state index in [-0.39, 0.29) is 5.54 Å². The zero-order valence-electron chi connectivity index (χ0n) is 48.6. The van der Waals surface area contributed by atoms with Gasteiger partial charge >= 0.3 is 0 Å². The van der Waals surface area contributed by atoms with Gasteiger partial charge in [0.2, 0.25) is 0 Å². The van der Waals surface area contributed by atoms with Crippen LogP contribution in [0.2, 0.25) is 0 Å². The van der Waals surface area contributed by atoms with Crippen molar-refractivity contribution in [2.75, 3.05) is 14.7 Å². The molecule has 4 nitrogen and oxygen atoms in total. The highest BCUT2D eigenvalue weighted by atomic mass is 15.3. The molecular weight excluding hydrogens is 993 g/mol. The number of anilines is 5. The molecular formula is C78H76N4. The summed E-state index contributed by atoms with van der Waals surface area (Å²) in [7, 11) is 0. The smallest absolute Gasteiger partial charge is 0.0715 e. The van der Waals surface area contributed by atoms with Gasteiger partial charge in [0.25, 0.3) is 0 Å². The summed E-state index contributed by atoms with van der Waals surface area (Å²) in [6.45, 7) is 14.2. The Kier molecular flexibility index (Phi) is 13.2. The molecule has 7 atom stereocenters. The van der Waals surface area contributed by atoms with Crippen molar-refractivity contribution in [2.45, 2.75) is 92.0 Å². The van der Waals surface area contributed by atoms with Crippen molar-refractivity contribution in [2.24, 2.45) is 35.0 Å². The number of hydrogen-bond donors (Lipinski definition) is 0. The second-order valence-corrected chi connectivity index (χ2v) is 24.3. The highest BCUT2D eigenvalue weighted by Gasteiger charge is 2.60. The predicted octanol–water partition coefficient (Wildman–Crippen LogP) is 20.0. The number of allylic oxidation sites excluding steroid dienone is 26. The van der Waals surface area contributed by atoms with Gasteiger partial charge in [-0.2, -0.15) is 0 Å². The summed E-state index contributed by atoms with van der Waals surface area (Å²) in [4.78, 5) is 10.5. The first-order valence-electron chi connectivity index (χ1n) is 30.4. The second-order valence-electron chi connectivity index (χ2n) is 24.3. The highest BCUT2D eigenvalue weighted by molar-refractivity contribution is 5.83. The molecule has 9 aliphatic carbocycles. The molecule has 9 aliphatic rings. The minimum Gasteiger partial charge on any atom is -0.339 e. The molecule has 408 valence electrons. The van der Waals surface area contributed by atoms with Crippen molar-refractivity contribution in [3.63, 3.8) is 0 Å². The maximum Gasteiger partial charge on any atom is 0.0715 e. The van der Waals surface area contributed by atoms with Gasteiger partial charge in [0.05, 0.1) is 11.0 Å². The zero-order chi connectivity index (χ0) is 55.7. The van der Waals surface area contributed by atoms with Gasteiger partial charge in [-0.3, -0.25) is 0 Å². The number of para-hydroxylation sites is 5. The first-order valence-corrected chi connectivity index (χ1v) is 30.4. The Morgan fingerprint density at radius 2 is 1.09 bits per heavy atom. The normalized spacial score (nSPS) is 26.8. The summed E-state index contributed by atoms with van der Waals surface area (Å²) in [5.74, 6) is 2.27. The van der Waals surface area contributed by atoms with Crippen LogP contribution in [0.15, 0.2) is 315 Å². The summed E-state index contributed by atoms with van der Waals surface area (Å²) in [6.07, 6.45) is 41.9. The predicted molar refractivity (Wildman–Crippen MR) is 343 cm³/mol. The van der Waals surface area contributed by atoms with Crippen LogP contribution in [0.1, 0.15) is 86.5 Å². The van der Waals surface area contributed by atoms with E-state index in [4.69, 9.17) is 0 Å². The van der Waals surface area contributed by atoms with Gasteiger partial charge in [0, 0.05) is 80.4 Å². The number of fused-ring (bicyclic) bond motifs is 7. The van der Waals surface area contributed by atoms with Gasteiger partial charge in [-0.25, -0.2) is 0 Å². The number of nitrogens with zero attached hydrogens (tertiary/aromatic N) is 4. The van der Waals surface area contributed by atoms with Gasteiger partial charge in [-0.15, -0.1) is 0 Å². The fourth-order valence-electron chi connectivity index (χ4n) is 15.9. The quantitative estimate of drug-likeness (QED) is 0.0969. The lowest BCUT2D eigenvalue weighted by Crippen LogP contribution is -2.39. The Bertz CT molecular complexity index is 3730. The number of rotatable bonds is 15. The van der Waals surface area contributed by atoms with Crippen LogP contribution in [0.4, 0.5) is 28.4 Å². The van der Waals surface area contributed by atoms with E-state index in [2.05, 4.69) is 298 Å². The average molecular weight is 1070 g/mol. The van der Waals surface area contributed by atoms with Crippen molar-refractivity contribution in [1.29, 1.82) is 0 Å². The van der Waals surface area contributed by atoms with E-state index in [9.17, 15) is 0 Å². The largest absolute Gasteiger partial charge is 0.339 e. The monoisotopic (exact) mass is 1070 g/mol.